The van der Waals surface area contributed by atoms with Crippen molar-refractivity contribution in [2.24, 2.45) is 0 Å². The van der Waals surface area contributed by atoms with Crippen molar-refractivity contribution < 1.29 is 0 Å². The highest BCUT2D eigenvalue weighted by molar-refractivity contribution is 14.1. The normalized spacial score (nSPS) is 11.3. The van der Waals surface area contributed by atoms with E-state index in [1.807, 2.05) is 26.0 Å². The molecule has 0 spiro atoms. The first kappa shape index (κ1) is 16.3. The van der Waals surface area contributed by atoms with Gasteiger partial charge in [-0.25, -0.2) is 4.98 Å². The van der Waals surface area contributed by atoms with Gasteiger partial charge in [0.15, 0.2) is 0 Å². The van der Waals surface area contributed by atoms with E-state index in [-0.39, 0.29) is 11.5 Å². The second kappa shape index (κ2) is 6.13. The average Bonchev–Trinajstić information content (AvgIpc) is 2.52. The zero-order valence-corrected chi connectivity index (χ0v) is 15.6. The van der Waals surface area contributed by atoms with Crippen molar-refractivity contribution in [1.82, 2.24) is 9.55 Å². The Balaban J connectivity index is 2.43. The Morgan fingerprint density at radius 3 is 2.43 bits per heavy atom. The van der Waals surface area contributed by atoms with Crippen LogP contribution in [0.5, 0.6) is 0 Å². The SMILES string of the molecule is CC(C)c1nc2c(I)c(N)ccc2c(=O)n1-c1ccc(Cl)cc1. The van der Waals surface area contributed by atoms with Crippen molar-refractivity contribution in [1.29, 1.82) is 0 Å². The fourth-order valence-corrected chi connectivity index (χ4v) is 3.20. The van der Waals surface area contributed by atoms with Crippen molar-refractivity contribution in [2.45, 2.75) is 19.8 Å². The maximum Gasteiger partial charge on any atom is 0.266 e. The van der Waals surface area contributed by atoms with E-state index in [1.54, 1.807) is 28.8 Å². The third-order valence-electron chi connectivity index (χ3n) is 3.64. The Hall–Kier alpha value is -1.60. The lowest BCUT2D eigenvalue weighted by molar-refractivity contribution is 0.723. The van der Waals surface area contributed by atoms with Gasteiger partial charge in [-0.15, -0.1) is 0 Å². The average molecular weight is 440 g/mol. The molecule has 0 radical (unpaired) electrons. The third kappa shape index (κ3) is 2.83. The molecule has 0 aliphatic heterocycles. The van der Waals surface area contributed by atoms with E-state index in [0.29, 0.717) is 27.4 Å². The molecule has 118 valence electrons. The second-order valence-corrected chi connectivity index (χ2v) is 7.12. The number of nitrogen functional groups attached to an aromatic ring is 1. The Morgan fingerprint density at radius 2 is 1.83 bits per heavy atom. The summed E-state index contributed by atoms with van der Waals surface area (Å²) in [4.78, 5) is 17.8. The molecule has 0 unspecified atom stereocenters. The molecule has 0 aliphatic carbocycles. The summed E-state index contributed by atoms with van der Waals surface area (Å²) in [7, 11) is 0. The van der Waals surface area contributed by atoms with Gasteiger partial charge in [-0.1, -0.05) is 25.4 Å². The van der Waals surface area contributed by atoms with Crippen LogP contribution in [0.4, 0.5) is 5.69 Å². The molecule has 0 saturated carbocycles. The maximum absolute atomic E-state index is 13.0. The van der Waals surface area contributed by atoms with Crippen molar-refractivity contribution in [2.75, 3.05) is 5.73 Å². The molecule has 23 heavy (non-hydrogen) atoms. The van der Waals surface area contributed by atoms with Gasteiger partial charge in [0.05, 0.1) is 20.2 Å². The Bertz CT molecular complexity index is 949. The molecular formula is C17H15ClIN3O. The molecule has 4 nitrogen and oxygen atoms in total. The molecule has 3 rings (SSSR count). The van der Waals surface area contributed by atoms with Crippen LogP contribution < -0.4 is 11.3 Å². The predicted molar refractivity (Wildman–Crippen MR) is 104 cm³/mol. The molecule has 0 amide bonds. The van der Waals surface area contributed by atoms with Crippen molar-refractivity contribution in [3.05, 3.63) is 61.2 Å². The maximum atomic E-state index is 13.0. The number of fused-ring (bicyclic) bond motifs is 1. The largest absolute Gasteiger partial charge is 0.398 e. The first-order valence-electron chi connectivity index (χ1n) is 7.16. The van der Waals surface area contributed by atoms with Crippen LogP contribution in [-0.4, -0.2) is 9.55 Å². The monoisotopic (exact) mass is 439 g/mol. The quantitative estimate of drug-likeness (QED) is 0.477. The van der Waals surface area contributed by atoms with Crippen molar-refractivity contribution in [3.63, 3.8) is 0 Å². The van der Waals surface area contributed by atoms with Crippen LogP contribution in [0.15, 0.2) is 41.2 Å². The summed E-state index contributed by atoms with van der Waals surface area (Å²) in [6, 6.07) is 10.7. The van der Waals surface area contributed by atoms with Crippen LogP contribution in [0, 0.1) is 3.57 Å². The number of rotatable bonds is 2. The minimum absolute atomic E-state index is 0.0833. The van der Waals surface area contributed by atoms with E-state index in [2.05, 4.69) is 22.6 Å². The third-order valence-corrected chi connectivity index (χ3v) is 5.02. The van der Waals surface area contributed by atoms with Gasteiger partial charge in [-0.05, 0) is 59.0 Å². The molecule has 0 bridgehead atoms. The summed E-state index contributed by atoms with van der Waals surface area (Å²) in [6.45, 7) is 4.03. The zero-order valence-electron chi connectivity index (χ0n) is 12.7. The Labute approximate surface area is 152 Å². The summed E-state index contributed by atoms with van der Waals surface area (Å²) >= 11 is 8.09. The number of anilines is 1. The van der Waals surface area contributed by atoms with Crippen LogP contribution in [0.3, 0.4) is 0 Å². The highest BCUT2D eigenvalue weighted by Crippen LogP contribution is 2.26. The van der Waals surface area contributed by atoms with Gasteiger partial charge in [-0.3, -0.25) is 9.36 Å². The number of nitrogens with zero attached hydrogens (tertiary/aromatic N) is 2. The lowest BCUT2D eigenvalue weighted by Crippen LogP contribution is -2.25. The van der Waals surface area contributed by atoms with E-state index >= 15 is 0 Å². The number of hydrogen-bond donors (Lipinski definition) is 1. The number of hydrogen-bond acceptors (Lipinski definition) is 3. The van der Waals surface area contributed by atoms with Crippen LogP contribution >= 0.6 is 34.2 Å². The van der Waals surface area contributed by atoms with Gasteiger partial charge in [0, 0.05) is 16.6 Å². The highest BCUT2D eigenvalue weighted by Gasteiger charge is 2.17. The number of aromatic nitrogens is 2. The molecule has 1 heterocycles. The Kier molecular flexibility index (Phi) is 4.33. The van der Waals surface area contributed by atoms with Gasteiger partial charge in [0.2, 0.25) is 0 Å². The Morgan fingerprint density at radius 1 is 1.17 bits per heavy atom. The highest BCUT2D eigenvalue weighted by atomic mass is 127. The van der Waals surface area contributed by atoms with Gasteiger partial charge in [-0.2, -0.15) is 0 Å². The van der Waals surface area contributed by atoms with E-state index in [9.17, 15) is 4.79 Å². The smallest absolute Gasteiger partial charge is 0.266 e. The van der Waals surface area contributed by atoms with Crippen LogP contribution in [0.25, 0.3) is 16.6 Å². The molecule has 0 fully saturated rings. The molecule has 3 aromatic rings. The molecular weight excluding hydrogens is 425 g/mol. The van der Waals surface area contributed by atoms with Crippen molar-refractivity contribution >= 4 is 50.8 Å². The lowest BCUT2D eigenvalue weighted by atomic mass is 10.1. The molecule has 2 N–H and O–H groups in total. The number of halogens is 2. The molecule has 1 aromatic heterocycles. The topological polar surface area (TPSA) is 60.9 Å². The first-order chi connectivity index (χ1) is 10.9. The van der Waals surface area contributed by atoms with Gasteiger partial charge >= 0.3 is 0 Å². The predicted octanol–water partition coefficient (Wildman–Crippen LogP) is 4.35. The van der Waals surface area contributed by atoms with E-state index in [4.69, 9.17) is 22.3 Å². The molecule has 0 atom stereocenters. The minimum Gasteiger partial charge on any atom is -0.398 e. The van der Waals surface area contributed by atoms with Gasteiger partial charge in [0.25, 0.3) is 5.56 Å². The summed E-state index contributed by atoms with van der Waals surface area (Å²) in [5, 5.41) is 1.19. The molecule has 0 saturated heterocycles. The number of benzene rings is 2. The first-order valence-corrected chi connectivity index (χ1v) is 8.62. The summed E-state index contributed by atoms with van der Waals surface area (Å²) in [5.41, 5.74) is 7.90. The zero-order chi connectivity index (χ0) is 16.7. The number of nitrogens with two attached hydrogens (primary N) is 1. The lowest BCUT2D eigenvalue weighted by Gasteiger charge is -2.17. The summed E-state index contributed by atoms with van der Waals surface area (Å²) < 4.78 is 2.46. The van der Waals surface area contributed by atoms with E-state index in [0.717, 1.165) is 9.26 Å². The van der Waals surface area contributed by atoms with E-state index in [1.165, 1.54) is 0 Å². The van der Waals surface area contributed by atoms with Gasteiger partial charge in [0.1, 0.15) is 5.82 Å². The standard InChI is InChI=1S/C17H15ClIN3O/c1-9(2)16-21-15-12(7-8-13(20)14(15)19)17(23)22(16)11-5-3-10(18)4-6-11/h3-9H,20H2,1-2H3. The molecule has 6 heteroatoms. The van der Waals surface area contributed by atoms with Crippen molar-refractivity contribution in [3.8, 4) is 5.69 Å². The fourth-order valence-electron chi connectivity index (χ4n) is 2.48. The van der Waals surface area contributed by atoms with Crippen LogP contribution in [-0.2, 0) is 0 Å². The minimum atomic E-state index is -0.0982. The van der Waals surface area contributed by atoms with Gasteiger partial charge < -0.3 is 5.73 Å². The summed E-state index contributed by atoms with van der Waals surface area (Å²) in [5.74, 6) is 0.786. The second-order valence-electron chi connectivity index (χ2n) is 5.61. The van der Waals surface area contributed by atoms with Crippen LogP contribution in [0.2, 0.25) is 5.02 Å². The fraction of sp³-hybridized carbons (Fsp3) is 0.176. The molecule has 2 aromatic carbocycles. The van der Waals surface area contributed by atoms with Crippen LogP contribution in [0.1, 0.15) is 25.6 Å². The van der Waals surface area contributed by atoms with E-state index < -0.39 is 0 Å². The molecule has 0 aliphatic rings. The summed E-state index contributed by atoms with van der Waals surface area (Å²) in [6.07, 6.45) is 0.